The Balaban J connectivity index is 1.81. The lowest BCUT2D eigenvalue weighted by molar-refractivity contribution is -0.145. The Bertz CT molecular complexity index is 556. The summed E-state index contributed by atoms with van der Waals surface area (Å²) in [6.45, 7) is 1.03. The van der Waals surface area contributed by atoms with Crippen LogP contribution in [0.5, 0.6) is 11.5 Å². The van der Waals surface area contributed by atoms with E-state index in [1.165, 1.54) is 7.11 Å². The predicted molar refractivity (Wildman–Crippen MR) is 86.2 cm³/mol. The highest BCUT2D eigenvalue weighted by molar-refractivity contribution is 5.78. The number of carbonyl (C=O) groups is 2. The van der Waals surface area contributed by atoms with E-state index < -0.39 is 11.9 Å². The van der Waals surface area contributed by atoms with Crippen LogP contribution in [0.4, 0.5) is 0 Å². The van der Waals surface area contributed by atoms with Crippen molar-refractivity contribution in [3.8, 4) is 11.5 Å². The highest BCUT2D eigenvalue weighted by Gasteiger charge is 2.30. The lowest BCUT2D eigenvalue weighted by atomic mass is 9.86. The molecular formula is C17H23NO6. The average molecular weight is 337 g/mol. The first-order chi connectivity index (χ1) is 11.6. The molecule has 7 heteroatoms. The quantitative estimate of drug-likeness (QED) is 0.743. The van der Waals surface area contributed by atoms with Crippen LogP contribution in [-0.4, -0.2) is 50.5 Å². The van der Waals surface area contributed by atoms with Crippen molar-refractivity contribution in [3.05, 3.63) is 24.3 Å². The highest BCUT2D eigenvalue weighted by Crippen LogP contribution is 2.26. The van der Waals surface area contributed by atoms with E-state index in [0.29, 0.717) is 37.6 Å². The van der Waals surface area contributed by atoms with Gasteiger partial charge in [0.25, 0.3) is 5.91 Å². The highest BCUT2D eigenvalue weighted by atomic mass is 16.5. The standard InChI is InChI=1S/C17H23NO6/c1-22-14-4-2-3-5-15(14)24-11-16(19)18-10-13(17(20)21)12-6-8-23-9-7-12/h2-5,12-13H,6-11H2,1H3,(H,18,19)(H,20,21). The number of carbonyl (C=O) groups excluding carboxylic acids is 1. The van der Waals surface area contributed by atoms with Crippen LogP contribution in [0.3, 0.4) is 0 Å². The second-order valence-corrected chi connectivity index (χ2v) is 5.64. The molecule has 1 aliphatic heterocycles. The molecule has 1 atom stereocenters. The normalized spacial score (nSPS) is 16.2. The van der Waals surface area contributed by atoms with Crippen LogP contribution in [0.2, 0.25) is 0 Å². The van der Waals surface area contributed by atoms with E-state index in [2.05, 4.69) is 5.32 Å². The maximum absolute atomic E-state index is 11.9. The Morgan fingerprint density at radius 1 is 1.29 bits per heavy atom. The lowest BCUT2D eigenvalue weighted by Crippen LogP contribution is -2.40. The van der Waals surface area contributed by atoms with Crippen molar-refractivity contribution in [1.82, 2.24) is 5.32 Å². The predicted octanol–water partition coefficient (Wildman–Crippen LogP) is 1.32. The van der Waals surface area contributed by atoms with Crippen molar-refractivity contribution in [3.63, 3.8) is 0 Å². The van der Waals surface area contributed by atoms with Gasteiger partial charge < -0.3 is 24.6 Å². The zero-order chi connectivity index (χ0) is 17.4. The van der Waals surface area contributed by atoms with Gasteiger partial charge in [0.05, 0.1) is 13.0 Å². The van der Waals surface area contributed by atoms with Crippen LogP contribution < -0.4 is 14.8 Å². The summed E-state index contributed by atoms with van der Waals surface area (Å²) in [6, 6.07) is 7.02. The third-order valence-electron chi connectivity index (χ3n) is 4.10. The number of ether oxygens (including phenoxy) is 3. The van der Waals surface area contributed by atoms with Gasteiger partial charge in [-0.2, -0.15) is 0 Å². The maximum atomic E-state index is 11.9. The van der Waals surface area contributed by atoms with Gasteiger partial charge >= 0.3 is 5.97 Å². The van der Waals surface area contributed by atoms with Gasteiger partial charge in [0.2, 0.25) is 0 Å². The molecule has 0 bridgehead atoms. The van der Waals surface area contributed by atoms with Crippen molar-refractivity contribution < 1.29 is 28.9 Å². The Kier molecular flexibility index (Phi) is 6.87. The molecular weight excluding hydrogens is 314 g/mol. The van der Waals surface area contributed by atoms with Crippen LogP contribution in [0.25, 0.3) is 0 Å². The summed E-state index contributed by atoms with van der Waals surface area (Å²) in [6.07, 6.45) is 1.40. The van der Waals surface area contributed by atoms with E-state index in [-0.39, 0.29) is 25.0 Å². The average Bonchev–Trinajstić information content (AvgIpc) is 2.61. The molecule has 0 spiro atoms. The number of carboxylic acids is 1. The molecule has 132 valence electrons. The second kappa shape index (κ2) is 9.12. The zero-order valence-corrected chi connectivity index (χ0v) is 13.7. The number of rotatable bonds is 8. The van der Waals surface area contributed by atoms with E-state index in [1.54, 1.807) is 24.3 Å². The molecule has 1 amide bonds. The number of hydrogen-bond acceptors (Lipinski definition) is 5. The second-order valence-electron chi connectivity index (χ2n) is 5.64. The largest absolute Gasteiger partial charge is 0.493 e. The summed E-state index contributed by atoms with van der Waals surface area (Å²) in [4.78, 5) is 23.4. The first-order valence-electron chi connectivity index (χ1n) is 7.95. The molecule has 0 aliphatic carbocycles. The van der Waals surface area contributed by atoms with Gasteiger partial charge in [-0.1, -0.05) is 12.1 Å². The van der Waals surface area contributed by atoms with Gasteiger partial charge in [0, 0.05) is 19.8 Å². The monoisotopic (exact) mass is 337 g/mol. The molecule has 1 aromatic rings. The van der Waals surface area contributed by atoms with Gasteiger partial charge in [-0.15, -0.1) is 0 Å². The molecule has 24 heavy (non-hydrogen) atoms. The van der Waals surface area contributed by atoms with Crippen LogP contribution >= 0.6 is 0 Å². The molecule has 0 aromatic heterocycles. The maximum Gasteiger partial charge on any atom is 0.308 e. The SMILES string of the molecule is COc1ccccc1OCC(=O)NCC(C(=O)O)C1CCOCC1. The molecule has 1 fully saturated rings. The van der Waals surface area contributed by atoms with E-state index in [1.807, 2.05) is 0 Å². The first kappa shape index (κ1) is 18.1. The van der Waals surface area contributed by atoms with Gasteiger partial charge in [0.1, 0.15) is 0 Å². The Hall–Kier alpha value is -2.28. The summed E-state index contributed by atoms with van der Waals surface area (Å²) in [5.41, 5.74) is 0. The van der Waals surface area contributed by atoms with Gasteiger partial charge in [-0.25, -0.2) is 0 Å². The lowest BCUT2D eigenvalue weighted by Gasteiger charge is -2.27. The summed E-state index contributed by atoms with van der Waals surface area (Å²) in [5.74, 6) is -0.840. The minimum atomic E-state index is -0.896. The van der Waals surface area contributed by atoms with Gasteiger partial charge in [-0.3, -0.25) is 9.59 Å². The number of nitrogens with one attached hydrogen (secondary N) is 1. The van der Waals surface area contributed by atoms with Crippen molar-refractivity contribution in [1.29, 1.82) is 0 Å². The minimum absolute atomic E-state index is 0.0201. The number of amides is 1. The topological polar surface area (TPSA) is 94.1 Å². The molecule has 1 heterocycles. The van der Waals surface area contributed by atoms with Crippen molar-refractivity contribution in [2.24, 2.45) is 11.8 Å². The molecule has 2 rings (SSSR count). The minimum Gasteiger partial charge on any atom is -0.493 e. The summed E-state index contributed by atoms with van der Waals surface area (Å²) < 4.78 is 15.8. The molecule has 1 saturated heterocycles. The van der Waals surface area contributed by atoms with Gasteiger partial charge in [-0.05, 0) is 30.9 Å². The number of para-hydroxylation sites is 2. The number of hydrogen-bond donors (Lipinski definition) is 2. The summed E-state index contributed by atoms with van der Waals surface area (Å²) in [7, 11) is 1.52. The summed E-state index contributed by atoms with van der Waals surface area (Å²) in [5, 5.41) is 12.0. The molecule has 1 unspecified atom stereocenters. The molecule has 2 N–H and O–H groups in total. The fraction of sp³-hybridized carbons (Fsp3) is 0.529. The number of carboxylic acid groups (broad SMARTS) is 1. The number of aliphatic carboxylic acids is 1. The molecule has 0 radical (unpaired) electrons. The van der Waals surface area contributed by atoms with Crippen molar-refractivity contribution in [2.75, 3.05) is 33.5 Å². The fourth-order valence-corrected chi connectivity index (χ4v) is 2.73. The van der Waals surface area contributed by atoms with Crippen LogP contribution in [0, 0.1) is 11.8 Å². The fourth-order valence-electron chi connectivity index (χ4n) is 2.73. The zero-order valence-electron chi connectivity index (χ0n) is 13.7. The summed E-state index contributed by atoms with van der Waals surface area (Å²) >= 11 is 0. The van der Waals surface area contributed by atoms with Crippen LogP contribution in [0.1, 0.15) is 12.8 Å². The van der Waals surface area contributed by atoms with Crippen molar-refractivity contribution in [2.45, 2.75) is 12.8 Å². The Morgan fingerprint density at radius 3 is 2.58 bits per heavy atom. The third kappa shape index (κ3) is 5.13. The van der Waals surface area contributed by atoms with E-state index in [9.17, 15) is 14.7 Å². The molecule has 7 nitrogen and oxygen atoms in total. The number of methoxy groups -OCH3 is 1. The van der Waals surface area contributed by atoms with E-state index in [0.717, 1.165) is 0 Å². The first-order valence-corrected chi connectivity index (χ1v) is 7.95. The van der Waals surface area contributed by atoms with Crippen LogP contribution in [-0.2, 0) is 14.3 Å². The number of benzene rings is 1. The Labute approximate surface area is 140 Å². The smallest absolute Gasteiger partial charge is 0.308 e. The van der Waals surface area contributed by atoms with Gasteiger partial charge in [0.15, 0.2) is 18.1 Å². The van der Waals surface area contributed by atoms with E-state index in [4.69, 9.17) is 14.2 Å². The molecule has 1 aliphatic rings. The Morgan fingerprint density at radius 2 is 1.96 bits per heavy atom. The van der Waals surface area contributed by atoms with Crippen molar-refractivity contribution >= 4 is 11.9 Å². The third-order valence-corrected chi connectivity index (χ3v) is 4.10. The van der Waals surface area contributed by atoms with Crippen LogP contribution in [0.15, 0.2) is 24.3 Å². The molecule has 1 aromatic carbocycles. The van der Waals surface area contributed by atoms with E-state index >= 15 is 0 Å². The molecule has 0 saturated carbocycles.